The summed E-state index contributed by atoms with van der Waals surface area (Å²) in [6, 6.07) is 4.09. The Hall–Kier alpha value is -1.92. The molecule has 1 aromatic heterocycles. The van der Waals surface area contributed by atoms with Gasteiger partial charge in [-0.2, -0.15) is 0 Å². The van der Waals surface area contributed by atoms with Gasteiger partial charge in [-0.25, -0.2) is 4.98 Å². The number of aromatic nitrogens is 1. The Labute approximate surface area is 155 Å². The summed E-state index contributed by atoms with van der Waals surface area (Å²) in [5, 5.41) is 3.72. The maximum absolute atomic E-state index is 12.7. The summed E-state index contributed by atoms with van der Waals surface area (Å²) in [5.74, 6) is 0.510. The van der Waals surface area contributed by atoms with Crippen molar-refractivity contribution in [1.29, 1.82) is 0 Å². The average molecular weight is 376 g/mol. The molecule has 1 fully saturated rings. The molecule has 1 aliphatic carbocycles. The van der Waals surface area contributed by atoms with Gasteiger partial charge in [-0.1, -0.05) is 22.9 Å². The van der Waals surface area contributed by atoms with E-state index in [9.17, 15) is 9.59 Å². The van der Waals surface area contributed by atoms with Gasteiger partial charge in [0.15, 0.2) is 5.13 Å². The number of nitrogens with one attached hydrogen (secondary N) is 1. The highest BCUT2D eigenvalue weighted by atomic mass is 35.5. The number of halogens is 1. The predicted molar refractivity (Wildman–Crippen MR) is 98.9 cm³/mol. The second-order valence-electron chi connectivity index (χ2n) is 6.71. The van der Waals surface area contributed by atoms with E-state index in [-0.39, 0.29) is 17.9 Å². The Kier molecular flexibility index (Phi) is 4.04. The summed E-state index contributed by atoms with van der Waals surface area (Å²) in [7, 11) is 0. The lowest BCUT2D eigenvalue weighted by Crippen LogP contribution is -2.34. The van der Waals surface area contributed by atoms with Gasteiger partial charge in [0.25, 0.3) is 5.91 Å². The zero-order valence-corrected chi connectivity index (χ0v) is 15.6. The fraction of sp³-hybridized carbons (Fsp3) is 0.389. The molecule has 7 heteroatoms. The Bertz CT molecular complexity index is 875. The van der Waals surface area contributed by atoms with E-state index in [1.807, 2.05) is 17.0 Å². The average Bonchev–Trinajstić information content (AvgIpc) is 3.21. The zero-order chi connectivity index (χ0) is 17.7. The molecule has 1 saturated carbocycles. The molecule has 1 unspecified atom stereocenters. The van der Waals surface area contributed by atoms with Gasteiger partial charge < -0.3 is 10.2 Å². The topological polar surface area (TPSA) is 62.3 Å². The van der Waals surface area contributed by atoms with Crippen molar-refractivity contribution in [3.05, 3.63) is 34.5 Å². The Morgan fingerprint density at radius 1 is 1.44 bits per heavy atom. The molecule has 1 atom stereocenters. The molecule has 0 radical (unpaired) electrons. The molecular formula is C18H18ClN3O2S. The third kappa shape index (κ3) is 3.04. The second-order valence-corrected chi connectivity index (χ2v) is 8.15. The first kappa shape index (κ1) is 16.5. The normalized spacial score (nSPS) is 17.6. The van der Waals surface area contributed by atoms with Gasteiger partial charge in [-0.15, -0.1) is 0 Å². The number of hydrogen-bond acceptors (Lipinski definition) is 4. The largest absolute Gasteiger partial charge is 0.331 e. The highest BCUT2D eigenvalue weighted by molar-refractivity contribution is 7.19. The number of carbonyl (C=O) groups excluding carboxylic acids is 2. The lowest BCUT2D eigenvalue weighted by molar-refractivity contribution is -0.114. The van der Waals surface area contributed by atoms with Gasteiger partial charge in [0.1, 0.15) is 0 Å². The number of carbonyl (C=O) groups is 2. The molecule has 2 heterocycles. The Morgan fingerprint density at radius 3 is 2.88 bits per heavy atom. The smallest absolute Gasteiger partial charge is 0.256 e. The summed E-state index contributed by atoms with van der Waals surface area (Å²) < 4.78 is 0. The van der Waals surface area contributed by atoms with E-state index in [4.69, 9.17) is 11.6 Å². The summed E-state index contributed by atoms with van der Waals surface area (Å²) in [5.41, 5.74) is 2.52. The molecule has 1 N–H and O–H groups in total. The number of hydrogen-bond donors (Lipinski definition) is 1. The lowest BCUT2D eigenvalue weighted by Gasteiger charge is -2.23. The van der Waals surface area contributed by atoms with Crippen molar-refractivity contribution in [1.82, 2.24) is 9.88 Å². The lowest BCUT2D eigenvalue weighted by atomic mass is 10.1. The van der Waals surface area contributed by atoms with Gasteiger partial charge in [-0.05, 0) is 48.9 Å². The molecule has 1 aromatic carbocycles. The van der Waals surface area contributed by atoms with Crippen LogP contribution in [0, 0.1) is 5.92 Å². The van der Waals surface area contributed by atoms with Gasteiger partial charge in [0.2, 0.25) is 5.91 Å². The first-order valence-corrected chi connectivity index (χ1v) is 9.50. The number of rotatable bonds is 4. The molecule has 0 saturated heterocycles. The summed E-state index contributed by atoms with van der Waals surface area (Å²) in [6.45, 7) is 4.18. The van der Waals surface area contributed by atoms with Crippen LogP contribution in [0.4, 0.5) is 5.13 Å². The van der Waals surface area contributed by atoms with E-state index in [0.717, 1.165) is 16.0 Å². The van der Waals surface area contributed by atoms with E-state index in [1.54, 1.807) is 6.20 Å². The summed E-state index contributed by atoms with van der Waals surface area (Å²) >= 11 is 7.83. The van der Waals surface area contributed by atoms with Crippen LogP contribution >= 0.6 is 22.9 Å². The zero-order valence-electron chi connectivity index (χ0n) is 14.0. The minimum atomic E-state index is -0.150. The molecule has 130 valence electrons. The minimum Gasteiger partial charge on any atom is -0.331 e. The van der Waals surface area contributed by atoms with E-state index in [1.165, 1.54) is 31.1 Å². The SMILES string of the molecule is CC(=O)Nc1ncc(-c2cc(Cl)c3c(c2)CN(C(C)C2CC2)C3=O)s1. The van der Waals surface area contributed by atoms with E-state index in [2.05, 4.69) is 17.2 Å². The van der Waals surface area contributed by atoms with Crippen molar-refractivity contribution in [2.75, 3.05) is 5.32 Å². The van der Waals surface area contributed by atoms with Crippen LogP contribution in [0.15, 0.2) is 18.3 Å². The fourth-order valence-electron chi connectivity index (χ4n) is 3.35. The number of thiazole rings is 1. The monoisotopic (exact) mass is 375 g/mol. The molecule has 2 amide bonds. The van der Waals surface area contributed by atoms with Crippen molar-refractivity contribution in [3.63, 3.8) is 0 Å². The molecule has 2 aromatic rings. The first-order valence-electron chi connectivity index (χ1n) is 8.31. The van der Waals surface area contributed by atoms with Crippen molar-refractivity contribution in [3.8, 4) is 10.4 Å². The highest BCUT2D eigenvalue weighted by Crippen LogP contribution is 2.41. The fourth-order valence-corrected chi connectivity index (χ4v) is 4.52. The molecule has 1 aliphatic heterocycles. The molecule has 25 heavy (non-hydrogen) atoms. The number of anilines is 1. The van der Waals surface area contributed by atoms with Crippen LogP contribution in [0.1, 0.15) is 42.6 Å². The van der Waals surface area contributed by atoms with Crippen LogP contribution in [0.3, 0.4) is 0 Å². The molecule has 0 spiro atoms. The Morgan fingerprint density at radius 2 is 2.20 bits per heavy atom. The van der Waals surface area contributed by atoms with Crippen LogP contribution in [0.25, 0.3) is 10.4 Å². The second kappa shape index (κ2) is 6.11. The molecule has 4 rings (SSSR count). The Balaban J connectivity index is 1.65. The van der Waals surface area contributed by atoms with Crippen LogP contribution in [0.2, 0.25) is 5.02 Å². The molecule has 0 bridgehead atoms. The maximum Gasteiger partial charge on any atom is 0.256 e. The third-order valence-electron chi connectivity index (χ3n) is 4.86. The molecule has 5 nitrogen and oxygen atoms in total. The summed E-state index contributed by atoms with van der Waals surface area (Å²) in [4.78, 5) is 31.0. The van der Waals surface area contributed by atoms with Gasteiger partial charge in [-0.3, -0.25) is 9.59 Å². The highest BCUT2D eigenvalue weighted by Gasteiger charge is 2.39. The van der Waals surface area contributed by atoms with Crippen LogP contribution in [0.5, 0.6) is 0 Å². The number of fused-ring (bicyclic) bond motifs is 1. The van der Waals surface area contributed by atoms with Crippen LogP contribution in [-0.4, -0.2) is 27.7 Å². The van der Waals surface area contributed by atoms with E-state index in [0.29, 0.717) is 28.2 Å². The van der Waals surface area contributed by atoms with Crippen molar-refractivity contribution < 1.29 is 9.59 Å². The van der Waals surface area contributed by atoms with Crippen LogP contribution < -0.4 is 5.32 Å². The number of benzene rings is 1. The standard InChI is InChI=1S/C18H18ClN3O2S/c1-9(11-3-4-11)22-8-13-5-12(6-14(19)16(13)17(22)24)15-7-20-18(25-15)21-10(2)23/h5-7,9,11H,3-4,8H2,1-2H3,(H,20,21,23). The quantitative estimate of drug-likeness (QED) is 0.872. The molecule has 2 aliphatic rings. The molecular weight excluding hydrogens is 358 g/mol. The van der Waals surface area contributed by atoms with Gasteiger partial charge >= 0.3 is 0 Å². The third-order valence-corrected chi connectivity index (χ3v) is 6.12. The first-order chi connectivity index (χ1) is 11.9. The van der Waals surface area contributed by atoms with Crippen molar-refractivity contribution in [2.24, 2.45) is 5.92 Å². The van der Waals surface area contributed by atoms with Crippen molar-refractivity contribution >= 4 is 39.9 Å². The van der Waals surface area contributed by atoms with Crippen molar-refractivity contribution in [2.45, 2.75) is 39.3 Å². The predicted octanol–water partition coefficient (Wildman–Crippen LogP) is 4.18. The van der Waals surface area contributed by atoms with Gasteiger partial charge in [0.05, 0.1) is 15.5 Å². The van der Waals surface area contributed by atoms with E-state index >= 15 is 0 Å². The minimum absolute atomic E-state index is 0.0363. The van der Waals surface area contributed by atoms with E-state index < -0.39 is 0 Å². The van der Waals surface area contributed by atoms with Crippen LogP contribution in [-0.2, 0) is 11.3 Å². The summed E-state index contributed by atoms with van der Waals surface area (Å²) in [6.07, 6.45) is 4.12. The number of nitrogens with zero attached hydrogens (tertiary/aromatic N) is 2. The number of amides is 2. The maximum atomic E-state index is 12.7. The van der Waals surface area contributed by atoms with Gasteiger partial charge in [0, 0.05) is 25.7 Å².